The minimum Gasteiger partial charge on any atom is -0.330 e. The van der Waals surface area contributed by atoms with Crippen molar-refractivity contribution in [2.75, 3.05) is 18.8 Å². The minimum absolute atomic E-state index is 0.0582. The standard InChI is InChI=1S/C9H22N2O2S/c1-9(2,3)5-8-14(12,13)11-7-4-6-10/h11H,4-8,10H2,1-3H3. The Kier molecular flexibility index (Phi) is 5.63. The van der Waals surface area contributed by atoms with E-state index in [1.54, 1.807) is 0 Å². The van der Waals surface area contributed by atoms with Crippen molar-refractivity contribution in [1.29, 1.82) is 0 Å². The summed E-state index contributed by atoms with van der Waals surface area (Å²) in [6.07, 6.45) is 1.36. The lowest BCUT2D eigenvalue weighted by Crippen LogP contribution is -2.30. The summed E-state index contributed by atoms with van der Waals surface area (Å²) in [6.45, 7) is 7.05. The van der Waals surface area contributed by atoms with E-state index in [0.717, 1.165) is 0 Å². The molecule has 0 aliphatic rings. The highest BCUT2D eigenvalue weighted by Gasteiger charge is 2.16. The van der Waals surface area contributed by atoms with E-state index in [-0.39, 0.29) is 11.2 Å². The van der Waals surface area contributed by atoms with Gasteiger partial charge in [0.2, 0.25) is 10.0 Å². The fraction of sp³-hybridized carbons (Fsp3) is 1.00. The molecule has 0 saturated carbocycles. The van der Waals surface area contributed by atoms with Crippen LogP contribution in [-0.4, -0.2) is 27.3 Å². The lowest BCUT2D eigenvalue weighted by molar-refractivity contribution is 0.396. The first-order valence-corrected chi connectivity index (χ1v) is 6.59. The monoisotopic (exact) mass is 222 g/mol. The van der Waals surface area contributed by atoms with Crippen LogP contribution in [0.4, 0.5) is 0 Å². The molecule has 0 heterocycles. The van der Waals surface area contributed by atoms with E-state index >= 15 is 0 Å². The van der Waals surface area contributed by atoms with Gasteiger partial charge < -0.3 is 5.73 Å². The average Bonchev–Trinajstić information content (AvgIpc) is 2.00. The van der Waals surface area contributed by atoms with Crippen molar-refractivity contribution in [3.63, 3.8) is 0 Å². The van der Waals surface area contributed by atoms with Gasteiger partial charge in [-0.3, -0.25) is 0 Å². The van der Waals surface area contributed by atoms with Crippen molar-refractivity contribution in [1.82, 2.24) is 4.72 Å². The van der Waals surface area contributed by atoms with Gasteiger partial charge in [-0.15, -0.1) is 0 Å². The molecule has 0 aliphatic carbocycles. The maximum Gasteiger partial charge on any atom is 0.211 e. The lowest BCUT2D eigenvalue weighted by Gasteiger charge is -2.17. The molecular formula is C9H22N2O2S. The SMILES string of the molecule is CC(C)(C)CCS(=O)(=O)NCCCN. The van der Waals surface area contributed by atoms with Gasteiger partial charge in [0, 0.05) is 6.54 Å². The summed E-state index contributed by atoms with van der Waals surface area (Å²) in [7, 11) is -3.09. The van der Waals surface area contributed by atoms with Crippen LogP contribution in [0.3, 0.4) is 0 Å². The van der Waals surface area contributed by atoms with Crippen molar-refractivity contribution in [3.8, 4) is 0 Å². The van der Waals surface area contributed by atoms with Gasteiger partial charge in [-0.25, -0.2) is 13.1 Å². The van der Waals surface area contributed by atoms with Crippen LogP contribution in [0.5, 0.6) is 0 Å². The second-order valence-corrected chi connectivity index (χ2v) is 6.59. The Morgan fingerprint density at radius 1 is 1.29 bits per heavy atom. The molecule has 0 amide bonds. The number of nitrogens with one attached hydrogen (secondary N) is 1. The zero-order chi connectivity index (χ0) is 11.2. The number of hydrogen-bond acceptors (Lipinski definition) is 3. The predicted octanol–water partition coefficient (Wildman–Crippen LogP) is 0.691. The summed E-state index contributed by atoms with van der Waals surface area (Å²) in [5.41, 5.74) is 5.32. The van der Waals surface area contributed by atoms with Crippen LogP contribution < -0.4 is 10.5 Å². The first-order valence-electron chi connectivity index (χ1n) is 4.94. The fourth-order valence-electron chi connectivity index (χ4n) is 0.842. The van der Waals surface area contributed by atoms with E-state index in [4.69, 9.17) is 5.73 Å². The van der Waals surface area contributed by atoms with E-state index in [1.165, 1.54) is 0 Å². The zero-order valence-electron chi connectivity index (χ0n) is 9.34. The summed E-state index contributed by atoms with van der Waals surface area (Å²) in [6, 6.07) is 0. The summed E-state index contributed by atoms with van der Waals surface area (Å²) >= 11 is 0. The Morgan fingerprint density at radius 3 is 2.29 bits per heavy atom. The van der Waals surface area contributed by atoms with Crippen molar-refractivity contribution in [3.05, 3.63) is 0 Å². The van der Waals surface area contributed by atoms with Crippen LogP contribution in [-0.2, 0) is 10.0 Å². The van der Waals surface area contributed by atoms with Crippen molar-refractivity contribution >= 4 is 10.0 Å². The minimum atomic E-state index is -3.09. The molecule has 3 N–H and O–H groups in total. The summed E-state index contributed by atoms with van der Waals surface area (Å²) in [5.74, 6) is 0.196. The van der Waals surface area contributed by atoms with Gasteiger partial charge in [0.05, 0.1) is 5.75 Å². The number of nitrogens with two attached hydrogens (primary N) is 1. The molecule has 0 aliphatic heterocycles. The molecule has 0 spiro atoms. The van der Waals surface area contributed by atoms with E-state index in [1.807, 2.05) is 20.8 Å². The zero-order valence-corrected chi connectivity index (χ0v) is 10.2. The Hall–Kier alpha value is -0.130. The Bertz CT molecular complexity index is 242. The molecule has 86 valence electrons. The first-order chi connectivity index (χ1) is 6.27. The molecule has 0 aromatic heterocycles. The van der Waals surface area contributed by atoms with Crippen LogP contribution in [0.25, 0.3) is 0 Å². The number of sulfonamides is 1. The summed E-state index contributed by atoms with van der Waals surface area (Å²) in [4.78, 5) is 0. The van der Waals surface area contributed by atoms with E-state index in [9.17, 15) is 8.42 Å². The highest BCUT2D eigenvalue weighted by Crippen LogP contribution is 2.18. The molecule has 0 rings (SSSR count). The van der Waals surface area contributed by atoms with Gasteiger partial charge in [0.1, 0.15) is 0 Å². The largest absolute Gasteiger partial charge is 0.330 e. The van der Waals surface area contributed by atoms with Crippen LogP contribution in [0.2, 0.25) is 0 Å². The van der Waals surface area contributed by atoms with Gasteiger partial charge in [-0.05, 0) is 24.8 Å². The number of hydrogen-bond donors (Lipinski definition) is 2. The molecular weight excluding hydrogens is 200 g/mol. The highest BCUT2D eigenvalue weighted by atomic mass is 32.2. The van der Waals surface area contributed by atoms with Crippen LogP contribution in [0, 0.1) is 5.41 Å². The fourth-order valence-corrected chi connectivity index (χ4v) is 2.32. The Balaban J connectivity index is 3.85. The van der Waals surface area contributed by atoms with Gasteiger partial charge in [0.25, 0.3) is 0 Å². The number of rotatable bonds is 6. The lowest BCUT2D eigenvalue weighted by atomic mass is 9.94. The van der Waals surface area contributed by atoms with Crippen molar-refractivity contribution in [2.24, 2.45) is 11.1 Å². The third-order valence-electron chi connectivity index (χ3n) is 1.82. The molecule has 0 aromatic carbocycles. The van der Waals surface area contributed by atoms with Gasteiger partial charge in [-0.1, -0.05) is 20.8 Å². The highest BCUT2D eigenvalue weighted by molar-refractivity contribution is 7.89. The van der Waals surface area contributed by atoms with Gasteiger partial charge in [0.15, 0.2) is 0 Å². The van der Waals surface area contributed by atoms with Crippen LogP contribution in [0.1, 0.15) is 33.6 Å². The van der Waals surface area contributed by atoms with E-state index < -0.39 is 10.0 Å². The Labute approximate surface area is 87.3 Å². The molecule has 0 unspecified atom stereocenters. The van der Waals surface area contributed by atoms with Crippen molar-refractivity contribution in [2.45, 2.75) is 33.6 Å². The molecule has 0 saturated heterocycles. The predicted molar refractivity (Wildman–Crippen MR) is 59.5 cm³/mol. The van der Waals surface area contributed by atoms with Gasteiger partial charge in [-0.2, -0.15) is 0 Å². The summed E-state index contributed by atoms with van der Waals surface area (Å²) < 4.78 is 25.3. The molecule has 0 aromatic rings. The molecule has 0 radical (unpaired) electrons. The van der Waals surface area contributed by atoms with E-state index in [2.05, 4.69) is 4.72 Å². The summed E-state index contributed by atoms with van der Waals surface area (Å²) in [5, 5.41) is 0. The van der Waals surface area contributed by atoms with E-state index in [0.29, 0.717) is 25.9 Å². The third kappa shape index (κ3) is 8.47. The quantitative estimate of drug-likeness (QED) is 0.649. The third-order valence-corrected chi connectivity index (χ3v) is 3.21. The molecule has 0 atom stereocenters. The molecule has 4 nitrogen and oxygen atoms in total. The average molecular weight is 222 g/mol. The van der Waals surface area contributed by atoms with Crippen LogP contribution in [0.15, 0.2) is 0 Å². The maximum absolute atomic E-state index is 11.4. The molecule has 14 heavy (non-hydrogen) atoms. The second-order valence-electron chi connectivity index (χ2n) is 4.67. The first kappa shape index (κ1) is 13.9. The molecule has 5 heteroatoms. The Morgan fingerprint density at radius 2 is 1.86 bits per heavy atom. The topological polar surface area (TPSA) is 72.2 Å². The normalized spacial score (nSPS) is 13.1. The molecule has 0 bridgehead atoms. The van der Waals surface area contributed by atoms with Crippen LogP contribution >= 0.6 is 0 Å². The second kappa shape index (κ2) is 5.68. The molecule has 0 fully saturated rings. The van der Waals surface area contributed by atoms with Crippen molar-refractivity contribution < 1.29 is 8.42 Å². The van der Waals surface area contributed by atoms with Gasteiger partial charge >= 0.3 is 0 Å². The maximum atomic E-state index is 11.4. The smallest absolute Gasteiger partial charge is 0.211 e.